The van der Waals surface area contributed by atoms with Gasteiger partial charge in [-0.2, -0.15) is 5.10 Å². The zero-order valence-electron chi connectivity index (χ0n) is 15.2. The molecule has 4 aromatic rings. The van der Waals surface area contributed by atoms with Gasteiger partial charge >= 0.3 is 0 Å². The summed E-state index contributed by atoms with van der Waals surface area (Å²) in [6, 6.07) is 11.4. The standard InChI is InChI=1S/C20H20N6O/c1-3-16(20(27)21-2)25-13-23-17(14-8-5-4-6-9-14)18(25)15-12-24-26-11-7-10-22-19(15)26/h4-13,16H,3H2,1-2H3,(H,21,27)/t16-/m0/s1. The lowest BCUT2D eigenvalue weighted by molar-refractivity contribution is -0.123. The van der Waals surface area contributed by atoms with E-state index < -0.39 is 0 Å². The van der Waals surface area contributed by atoms with E-state index in [0.717, 1.165) is 28.2 Å². The molecule has 1 aromatic carbocycles. The molecule has 0 fully saturated rings. The van der Waals surface area contributed by atoms with Crippen molar-refractivity contribution in [1.29, 1.82) is 0 Å². The summed E-state index contributed by atoms with van der Waals surface area (Å²) >= 11 is 0. The third-order valence-electron chi connectivity index (χ3n) is 4.65. The largest absolute Gasteiger partial charge is 0.357 e. The molecule has 0 saturated carbocycles. The Bertz CT molecular complexity index is 1080. The molecule has 0 radical (unpaired) electrons. The monoisotopic (exact) mass is 360 g/mol. The van der Waals surface area contributed by atoms with Gasteiger partial charge in [0.2, 0.25) is 5.91 Å². The second-order valence-corrected chi connectivity index (χ2v) is 6.20. The predicted octanol–water partition coefficient (Wildman–Crippen LogP) is 2.96. The van der Waals surface area contributed by atoms with Crippen LogP contribution in [0.1, 0.15) is 19.4 Å². The highest BCUT2D eigenvalue weighted by Gasteiger charge is 2.26. The Morgan fingerprint density at radius 1 is 1.19 bits per heavy atom. The summed E-state index contributed by atoms with van der Waals surface area (Å²) in [6.07, 6.45) is 7.74. The van der Waals surface area contributed by atoms with Crippen molar-refractivity contribution in [2.75, 3.05) is 7.05 Å². The van der Waals surface area contributed by atoms with Crippen LogP contribution >= 0.6 is 0 Å². The van der Waals surface area contributed by atoms with Crippen molar-refractivity contribution in [1.82, 2.24) is 29.5 Å². The fourth-order valence-corrected chi connectivity index (χ4v) is 3.34. The van der Waals surface area contributed by atoms with E-state index >= 15 is 0 Å². The Hall–Kier alpha value is -3.48. The van der Waals surface area contributed by atoms with E-state index in [2.05, 4.69) is 20.4 Å². The molecule has 0 aliphatic heterocycles. The van der Waals surface area contributed by atoms with Crippen molar-refractivity contribution in [3.05, 3.63) is 61.3 Å². The van der Waals surface area contributed by atoms with Gasteiger partial charge in [-0.1, -0.05) is 37.3 Å². The highest BCUT2D eigenvalue weighted by atomic mass is 16.2. The number of rotatable bonds is 5. The van der Waals surface area contributed by atoms with Gasteiger partial charge in [0.05, 0.1) is 29.5 Å². The molecule has 3 aromatic heterocycles. The summed E-state index contributed by atoms with van der Waals surface area (Å²) in [6.45, 7) is 1.99. The van der Waals surface area contributed by atoms with Gasteiger partial charge in [0.1, 0.15) is 6.04 Å². The third kappa shape index (κ3) is 2.87. The van der Waals surface area contributed by atoms with E-state index in [-0.39, 0.29) is 11.9 Å². The molecule has 0 bridgehead atoms. The van der Waals surface area contributed by atoms with E-state index in [1.165, 1.54) is 0 Å². The molecule has 3 heterocycles. The number of fused-ring (bicyclic) bond motifs is 1. The van der Waals surface area contributed by atoms with Crippen LogP contribution in [0, 0.1) is 0 Å². The molecule has 4 rings (SSSR count). The molecule has 1 amide bonds. The Kier molecular flexibility index (Phi) is 4.42. The zero-order chi connectivity index (χ0) is 18.8. The van der Waals surface area contributed by atoms with Crippen LogP contribution in [0.2, 0.25) is 0 Å². The van der Waals surface area contributed by atoms with Gasteiger partial charge in [-0.3, -0.25) is 4.79 Å². The predicted molar refractivity (Wildman–Crippen MR) is 103 cm³/mol. The van der Waals surface area contributed by atoms with Crippen LogP contribution in [0.4, 0.5) is 0 Å². The molecule has 7 heteroatoms. The fourth-order valence-electron chi connectivity index (χ4n) is 3.34. The summed E-state index contributed by atoms with van der Waals surface area (Å²) in [5.41, 5.74) is 4.19. The molecule has 0 aliphatic rings. The average Bonchev–Trinajstić information content (AvgIpc) is 3.33. The second-order valence-electron chi connectivity index (χ2n) is 6.20. The molecular weight excluding hydrogens is 340 g/mol. The number of carbonyl (C=O) groups is 1. The van der Waals surface area contributed by atoms with Crippen LogP contribution in [0.5, 0.6) is 0 Å². The fraction of sp³-hybridized carbons (Fsp3) is 0.200. The number of carbonyl (C=O) groups excluding carboxylic acids is 1. The van der Waals surface area contributed by atoms with Gasteiger partial charge in [0.25, 0.3) is 0 Å². The first-order valence-corrected chi connectivity index (χ1v) is 8.87. The topological polar surface area (TPSA) is 77.1 Å². The minimum absolute atomic E-state index is 0.0554. The van der Waals surface area contributed by atoms with Crippen molar-refractivity contribution in [2.24, 2.45) is 0 Å². The Labute approximate surface area is 156 Å². The molecule has 1 N–H and O–H groups in total. The lowest BCUT2D eigenvalue weighted by atomic mass is 10.1. The molecule has 27 heavy (non-hydrogen) atoms. The van der Waals surface area contributed by atoms with Gasteiger partial charge in [-0.15, -0.1) is 0 Å². The lowest BCUT2D eigenvalue weighted by Crippen LogP contribution is -2.29. The third-order valence-corrected chi connectivity index (χ3v) is 4.65. The smallest absolute Gasteiger partial charge is 0.242 e. The minimum Gasteiger partial charge on any atom is -0.357 e. The van der Waals surface area contributed by atoms with Gasteiger partial charge in [0, 0.05) is 25.0 Å². The van der Waals surface area contributed by atoms with Crippen LogP contribution in [0.25, 0.3) is 28.2 Å². The van der Waals surface area contributed by atoms with Crippen LogP contribution < -0.4 is 5.32 Å². The van der Waals surface area contributed by atoms with Crippen LogP contribution in [-0.4, -0.2) is 37.1 Å². The molecule has 0 saturated heterocycles. The summed E-state index contributed by atoms with van der Waals surface area (Å²) in [5.74, 6) is -0.0554. The summed E-state index contributed by atoms with van der Waals surface area (Å²) in [5, 5.41) is 7.16. The SMILES string of the molecule is CC[C@@H](C(=O)NC)n1cnc(-c2ccccc2)c1-c1cnn2cccnc12. The summed E-state index contributed by atoms with van der Waals surface area (Å²) in [7, 11) is 1.65. The zero-order valence-corrected chi connectivity index (χ0v) is 15.2. The second kappa shape index (κ2) is 7.03. The van der Waals surface area contributed by atoms with Crippen molar-refractivity contribution < 1.29 is 4.79 Å². The van der Waals surface area contributed by atoms with Gasteiger partial charge in [-0.05, 0) is 12.5 Å². The highest BCUT2D eigenvalue weighted by Crippen LogP contribution is 2.35. The number of hydrogen-bond acceptors (Lipinski definition) is 4. The van der Waals surface area contributed by atoms with E-state index in [1.807, 2.05) is 54.1 Å². The quantitative estimate of drug-likeness (QED) is 0.594. The maximum absolute atomic E-state index is 12.5. The van der Waals surface area contributed by atoms with Crippen molar-refractivity contribution in [3.8, 4) is 22.5 Å². The van der Waals surface area contributed by atoms with Gasteiger partial charge < -0.3 is 9.88 Å². The number of aromatic nitrogens is 5. The Morgan fingerprint density at radius 3 is 2.74 bits per heavy atom. The first kappa shape index (κ1) is 17.0. The Balaban J connectivity index is 1.99. The number of likely N-dealkylation sites (N-methyl/N-ethyl adjacent to an activating group) is 1. The highest BCUT2D eigenvalue weighted by molar-refractivity contribution is 5.87. The number of hydrogen-bond donors (Lipinski definition) is 1. The normalized spacial score (nSPS) is 12.2. The van der Waals surface area contributed by atoms with Crippen LogP contribution in [0.15, 0.2) is 61.3 Å². The van der Waals surface area contributed by atoms with E-state index in [0.29, 0.717) is 6.42 Å². The lowest BCUT2D eigenvalue weighted by Gasteiger charge is -2.18. The van der Waals surface area contributed by atoms with Crippen LogP contribution in [-0.2, 0) is 4.79 Å². The number of benzene rings is 1. The maximum atomic E-state index is 12.5. The summed E-state index contributed by atoms with van der Waals surface area (Å²) < 4.78 is 3.65. The minimum atomic E-state index is -0.367. The summed E-state index contributed by atoms with van der Waals surface area (Å²) in [4.78, 5) is 21.6. The molecule has 7 nitrogen and oxygen atoms in total. The number of nitrogens with one attached hydrogen (secondary N) is 1. The molecule has 1 atom stereocenters. The molecule has 0 aliphatic carbocycles. The number of amides is 1. The van der Waals surface area contributed by atoms with E-state index in [4.69, 9.17) is 0 Å². The molecular formula is C20H20N6O. The van der Waals surface area contributed by atoms with Gasteiger partial charge in [0.15, 0.2) is 5.65 Å². The number of imidazole rings is 1. The van der Waals surface area contributed by atoms with E-state index in [9.17, 15) is 4.79 Å². The van der Waals surface area contributed by atoms with Crippen molar-refractivity contribution >= 4 is 11.6 Å². The number of nitrogens with zero attached hydrogens (tertiary/aromatic N) is 5. The van der Waals surface area contributed by atoms with Crippen molar-refractivity contribution in [3.63, 3.8) is 0 Å². The van der Waals surface area contributed by atoms with E-state index in [1.54, 1.807) is 30.3 Å². The Morgan fingerprint density at radius 2 is 2.00 bits per heavy atom. The van der Waals surface area contributed by atoms with Crippen LogP contribution in [0.3, 0.4) is 0 Å². The average molecular weight is 360 g/mol. The molecule has 0 unspecified atom stereocenters. The molecule has 136 valence electrons. The molecule has 0 spiro atoms. The first-order valence-electron chi connectivity index (χ1n) is 8.87. The van der Waals surface area contributed by atoms with Gasteiger partial charge in [-0.25, -0.2) is 14.5 Å². The first-order chi connectivity index (χ1) is 13.2. The van der Waals surface area contributed by atoms with Crippen molar-refractivity contribution in [2.45, 2.75) is 19.4 Å². The maximum Gasteiger partial charge on any atom is 0.242 e.